The summed E-state index contributed by atoms with van der Waals surface area (Å²) in [5.41, 5.74) is 6.38. The molecule has 2 fully saturated rings. The van der Waals surface area contributed by atoms with Crippen LogP contribution in [-0.2, 0) is 4.74 Å². The monoisotopic (exact) mass is 255 g/mol. The van der Waals surface area contributed by atoms with Gasteiger partial charge >= 0.3 is 0 Å². The maximum Gasteiger partial charge on any atom is 0.0599 e. The first kappa shape index (κ1) is 14.3. The Hall–Kier alpha value is -0.160. The summed E-state index contributed by atoms with van der Waals surface area (Å²) in [6.07, 6.45) is 5.27. The van der Waals surface area contributed by atoms with Crippen LogP contribution in [0.3, 0.4) is 0 Å². The summed E-state index contributed by atoms with van der Waals surface area (Å²) >= 11 is 0. The first-order chi connectivity index (χ1) is 8.70. The lowest BCUT2D eigenvalue weighted by atomic mass is 9.84. The Morgan fingerprint density at radius 2 is 1.78 bits per heavy atom. The lowest BCUT2D eigenvalue weighted by Crippen LogP contribution is -2.61. The zero-order valence-electron chi connectivity index (χ0n) is 12.0. The molecule has 0 aromatic heterocycles. The van der Waals surface area contributed by atoms with Crippen molar-refractivity contribution in [1.82, 2.24) is 9.80 Å². The third-order valence-electron chi connectivity index (χ3n) is 4.81. The van der Waals surface area contributed by atoms with Gasteiger partial charge in [-0.1, -0.05) is 0 Å². The largest absolute Gasteiger partial charge is 0.378 e. The zero-order chi connectivity index (χ0) is 13.0. The number of rotatable bonds is 4. The van der Waals surface area contributed by atoms with Gasteiger partial charge in [-0.15, -0.1) is 0 Å². The zero-order valence-corrected chi connectivity index (χ0v) is 12.0. The molecule has 0 unspecified atom stereocenters. The lowest BCUT2D eigenvalue weighted by Gasteiger charge is -2.50. The highest BCUT2D eigenvalue weighted by molar-refractivity contribution is 4.97. The maximum atomic E-state index is 6.12. The Balaban J connectivity index is 1.90. The number of likely N-dealkylation sites (tertiary alicyclic amines) is 2. The molecule has 0 aromatic rings. The molecular formula is C14H29N3O. The van der Waals surface area contributed by atoms with Crippen molar-refractivity contribution in [1.29, 1.82) is 0 Å². The highest BCUT2D eigenvalue weighted by Crippen LogP contribution is 2.30. The molecule has 0 saturated carbocycles. The van der Waals surface area contributed by atoms with Gasteiger partial charge < -0.3 is 15.4 Å². The minimum atomic E-state index is 0.268. The molecule has 2 aliphatic heterocycles. The molecule has 2 saturated heterocycles. The van der Waals surface area contributed by atoms with Crippen LogP contribution in [0.4, 0.5) is 0 Å². The van der Waals surface area contributed by atoms with Crippen molar-refractivity contribution in [2.75, 3.05) is 46.4 Å². The third kappa shape index (κ3) is 3.05. The van der Waals surface area contributed by atoms with E-state index < -0.39 is 0 Å². The predicted molar refractivity (Wildman–Crippen MR) is 74.7 cm³/mol. The fraction of sp³-hybridized carbons (Fsp3) is 1.00. The van der Waals surface area contributed by atoms with Gasteiger partial charge in [0.15, 0.2) is 0 Å². The standard InChI is InChI=1S/C14H29N3O/c1-3-18-13-4-8-17(9-5-13)14(12-15)6-10-16(2)11-7-14/h13H,3-12,15H2,1-2H3. The summed E-state index contributed by atoms with van der Waals surface area (Å²) in [6.45, 7) is 8.42. The van der Waals surface area contributed by atoms with Crippen molar-refractivity contribution >= 4 is 0 Å². The minimum absolute atomic E-state index is 0.268. The molecule has 2 rings (SSSR count). The van der Waals surface area contributed by atoms with Crippen LogP contribution in [-0.4, -0.2) is 67.8 Å². The Morgan fingerprint density at radius 3 is 2.28 bits per heavy atom. The second-order valence-electron chi connectivity index (χ2n) is 5.87. The van der Waals surface area contributed by atoms with E-state index in [1.807, 2.05) is 0 Å². The molecule has 0 bridgehead atoms. The van der Waals surface area contributed by atoms with Crippen molar-refractivity contribution in [2.24, 2.45) is 5.73 Å². The van der Waals surface area contributed by atoms with Crippen LogP contribution in [0.2, 0.25) is 0 Å². The SMILES string of the molecule is CCOC1CCN(C2(CN)CCN(C)CC2)CC1. The Morgan fingerprint density at radius 1 is 1.17 bits per heavy atom. The van der Waals surface area contributed by atoms with Crippen molar-refractivity contribution < 1.29 is 4.74 Å². The van der Waals surface area contributed by atoms with E-state index >= 15 is 0 Å². The highest BCUT2D eigenvalue weighted by atomic mass is 16.5. The molecule has 0 amide bonds. The molecule has 4 nitrogen and oxygen atoms in total. The predicted octanol–water partition coefficient (Wildman–Crippen LogP) is 0.910. The van der Waals surface area contributed by atoms with Crippen LogP contribution < -0.4 is 5.73 Å². The summed E-state index contributed by atoms with van der Waals surface area (Å²) < 4.78 is 5.74. The van der Waals surface area contributed by atoms with Crippen molar-refractivity contribution in [3.8, 4) is 0 Å². The second kappa shape index (κ2) is 6.33. The fourth-order valence-electron chi connectivity index (χ4n) is 3.42. The van der Waals surface area contributed by atoms with Gasteiger partial charge in [0.05, 0.1) is 6.10 Å². The highest BCUT2D eigenvalue weighted by Gasteiger charge is 2.39. The quantitative estimate of drug-likeness (QED) is 0.811. The summed E-state index contributed by atoms with van der Waals surface area (Å²) in [7, 11) is 2.21. The molecule has 0 atom stereocenters. The number of hydrogen-bond donors (Lipinski definition) is 1. The minimum Gasteiger partial charge on any atom is -0.378 e. The van der Waals surface area contributed by atoms with Crippen LogP contribution in [0.15, 0.2) is 0 Å². The van der Waals surface area contributed by atoms with Crippen molar-refractivity contribution in [2.45, 2.75) is 44.2 Å². The smallest absolute Gasteiger partial charge is 0.0599 e. The van der Waals surface area contributed by atoms with Gasteiger partial charge in [0.2, 0.25) is 0 Å². The Bertz CT molecular complexity index is 243. The molecule has 0 radical (unpaired) electrons. The molecule has 4 heteroatoms. The van der Waals surface area contributed by atoms with Gasteiger partial charge in [0, 0.05) is 31.8 Å². The molecule has 0 spiro atoms. The average molecular weight is 255 g/mol. The number of nitrogens with two attached hydrogens (primary N) is 1. The fourth-order valence-corrected chi connectivity index (χ4v) is 3.42. The molecule has 2 aliphatic rings. The summed E-state index contributed by atoms with van der Waals surface area (Å²) in [5, 5.41) is 0. The molecular weight excluding hydrogens is 226 g/mol. The van der Waals surface area contributed by atoms with Gasteiger partial charge in [-0.3, -0.25) is 4.90 Å². The first-order valence-electron chi connectivity index (χ1n) is 7.45. The number of nitrogens with zero attached hydrogens (tertiary/aromatic N) is 2. The van der Waals surface area contributed by atoms with Crippen LogP contribution in [0.5, 0.6) is 0 Å². The molecule has 0 aromatic carbocycles. The summed E-state index contributed by atoms with van der Waals surface area (Å²) in [4.78, 5) is 5.07. The third-order valence-corrected chi connectivity index (χ3v) is 4.81. The van der Waals surface area contributed by atoms with Crippen LogP contribution >= 0.6 is 0 Å². The van der Waals surface area contributed by atoms with Crippen LogP contribution in [0.1, 0.15) is 32.6 Å². The van der Waals surface area contributed by atoms with E-state index in [0.29, 0.717) is 6.10 Å². The van der Waals surface area contributed by atoms with E-state index in [1.54, 1.807) is 0 Å². The van der Waals surface area contributed by atoms with Crippen LogP contribution in [0.25, 0.3) is 0 Å². The molecule has 2 heterocycles. The maximum absolute atomic E-state index is 6.12. The van der Waals surface area contributed by atoms with Gasteiger partial charge in [-0.2, -0.15) is 0 Å². The van der Waals surface area contributed by atoms with Crippen molar-refractivity contribution in [3.63, 3.8) is 0 Å². The summed E-state index contributed by atoms with van der Waals surface area (Å²) in [5.74, 6) is 0. The lowest BCUT2D eigenvalue weighted by molar-refractivity contribution is -0.0351. The van der Waals surface area contributed by atoms with Gasteiger partial charge in [-0.05, 0) is 52.7 Å². The van der Waals surface area contributed by atoms with Gasteiger partial charge in [0.25, 0.3) is 0 Å². The summed E-state index contributed by atoms with van der Waals surface area (Å²) in [6, 6.07) is 0. The number of piperidine rings is 2. The first-order valence-corrected chi connectivity index (χ1v) is 7.45. The molecule has 2 N–H and O–H groups in total. The van der Waals surface area contributed by atoms with E-state index in [4.69, 9.17) is 10.5 Å². The van der Waals surface area contributed by atoms with E-state index in [1.165, 1.54) is 38.8 Å². The number of ether oxygens (including phenoxy) is 1. The van der Waals surface area contributed by atoms with E-state index in [0.717, 1.165) is 26.2 Å². The molecule has 106 valence electrons. The van der Waals surface area contributed by atoms with E-state index in [9.17, 15) is 0 Å². The van der Waals surface area contributed by atoms with Gasteiger partial charge in [0.1, 0.15) is 0 Å². The Kier molecular flexibility index (Phi) is 5.01. The Labute approximate surface area is 111 Å². The topological polar surface area (TPSA) is 41.7 Å². The average Bonchev–Trinajstić information content (AvgIpc) is 2.42. The molecule has 18 heavy (non-hydrogen) atoms. The molecule has 0 aliphatic carbocycles. The van der Waals surface area contributed by atoms with Crippen molar-refractivity contribution in [3.05, 3.63) is 0 Å². The second-order valence-corrected chi connectivity index (χ2v) is 5.87. The van der Waals surface area contributed by atoms with E-state index in [-0.39, 0.29) is 5.54 Å². The van der Waals surface area contributed by atoms with Gasteiger partial charge in [-0.25, -0.2) is 0 Å². The number of hydrogen-bond acceptors (Lipinski definition) is 4. The van der Waals surface area contributed by atoms with Crippen LogP contribution in [0, 0.1) is 0 Å². The normalized spacial score (nSPS) is 27.5. The van der Waals surface area contributed by atoms with E-state index in [2.05, 4.69) is 23.8 Å².